The van der Waals surface area contributed by atoms with Crippen LogP contribution in [0.5, 0.6) is 0 Å². The van der Waals surface area contributed by atoms with Crippen LogP contribution >= 0.6 is 11.8 Å². The molecule has 3 heterocycles. The lowest BCUT2D eigenvalue weighted by Crippen LogP contribution is -2.31. The lowest BCUT2D eigenvalue weighted by Gasteiger charge is -2.35. The Morgan fingerprint density at radius 2 is 1.44 bits per heavy atom. The van der Waals surface area contributed by atoms with E-state index in [1.807, 2.05) is 18.0 Å². The molecule has 0 radical (unpaired) electrons. The Kier molecular flexibility index (Phi) is 4.04. The number of rotatable bonds is 1. The largest absolute Gasteiger partial charge is 0.256 e. The maximum atomic E-state index is 4.97. The third-order valence-electron chi connectivity index (χ3n) is 9.36. The zero-order chi connectivity index (χ0) is 23.3. The quantitative estimate of drug-likeness (QED) is 0.245. The molecule has 1 aromatic heterocycles. The molecule has 4 aromatic rings. The number of aromatic nitrogens is 1. The maximum Gasteiger partial charge on any atom is 0.187 e. The van der Waals surface area contributed by atoms with Gasteiger partial charge in [-0.05, 0) is 39.9 Å². The van der Waals surface area contributed by atoms with Gasteiger partial charge in [-0.1, -0.05) is 111 Å². The van der Waals surface area contributed by atoms with E-state index in [9.17, 15) is 0 Å². The highest BCUT2D eigenvalue weighted by atomic mass is 32.2. The summed E-state index contributed by atoms with van der Waals surface area (Å²) < 4.78 is 0. The average molecular weight is 457 g/mol. The highest BCUT2D eigenvalue weighted by Crippen LogP contribution is 2.73. The zero-order valence-corrected chi connectivity index (χ0v) is 21.0. The van der Waals surface area contributed by atoms with Crippen LogP contribution in [0.15, 0.2) is 90.0 Å². The predicted molar refractivity (Wildman–Crippen MR) is 145 cm³/mol. The molecule has 1 spiro atoms. The van der Waals surface area contributed by atoms with E-state index in [-0.39, 0.29) is 5.41 Å². The molecule has 2 aliphatic heterocycles. The minimum atomic E-state index is -0.338. The van der Waals surface area contributed by atoms with Gasteiger partial charge in [-0.15, -0.1) is 11.8 Å². The minimum Gasteiger partial charge on any atom is -0.256 e. The van der Waals surface area contributed by atoms with Crippen LogP contribution in [0, 0.1) is 0 Å². The first-order chi connectivity index (χ1) is 16.4. The van der Waals surface area contributed by atoms with Crippen LogP contribution in [-0.2, 0) is 11.2 Å². The van der Waals surface area contributed by atoms with Crippen molar-refractivity contribution in [3.8, 4) is 11.3 Å². The second kappa shape index (κ2) is 6.67. The van der Waals surface area contributed by atoms with E-state index in [2.05, 4.69) is 107 Å². The lowest BCUT2D eigenvalue weighted by molar-refractivity contribution is 0.628. The second-order valence-electron chi connectivity index (χ2n) is 11.3. The van der Waals surface area contributed by atoms with E-state index < -0.39 is 0 Å². The summed E-state index contributed by atoms with van der Waals surface area (Å²) in [6, 6.07) is 29.8. The Hall–Kier alpha value is -2.78. The molecule has 1 aliphatic carbocycles. The molecule has 1 fully saturated rings. The highest BCUT2D eigenvalue weighted by Gasteiger charge is 2.68. The number of benzene rings is 3. The van der Waals surface area contributed by atoms with Gasteiger partial charge in [-0.2, -0.15) is 0 Å². The molecule has 3 aliphatic rings. The van der Waals surface area contributed by atoms with Gasteiger partial charge in [-0.3, -0.25) is 4.98 Å². The van der Waals surface area contributed by atoms with Crippen molar-refractivity contribution < 1.29 is 0 Å². The van der Waals surface area contributed by atoms with Crippen molar-refractivity contribution in [1.29, 1.82) is 0 Å². The van der Waals surface area contributed by atoms with Crippen LogP contribution in [0.4, 0.5) is 0 Å². The molecule has 1 atom stereocenters. The van der Waals surface area contributed by atoms with E-state index >= 15 is 0 Å². The van der Waals surface area contributed by atoms with Gasteiger partial charge in [0, 0.05) is 22.4 Å². The number of hydrogen-bond acceptors (Lipinski definition) is 2. The molecule has 1 saturated heterocycles. The topological polar surface area (TPSA) is 12.9 Å². The number of hydrogen-bond donors (Lipinski definition) is 0. The van der Waals surface area contributed by atoms with E-state index in [0.29, 0.717) is 17.3 Å². The summed E-state index contributed by atoms with van der Waals surface area (Å²) in [5.41, 5.74) is 10.5. The fourth-order valence-corrected chi connectivity index (χ4v) is 8.26. The van der Waals surface area contributed by atoms with Crippen molar-refractivity contribution in [2.24, 2.45) is 0 Å². The normalized spacial score (nSPS) is 22.4. The van der Waals surface area contributed by atoms with Gasteiger partial charge in [0.15, 0.2) is 6.71 Å². The van der Waals surface area contributed by atoms with E-state index in [0.717, 1.165) is 11.4 Å². The molecular weight excluding hydrogens is 429 g/mol. The first kappa shape index (κ1) is 20.6. The smallest absolute Gasteiger partial charge is 0.187 e. The van der Waals surface area contributed by atoms with E-state index in [1.165, 1.54) is 43.7 Å². The zero-order valence-electron chi connectivity index (χ0n) is 20.2. The fourth-order valence-electron chi connectivity index (χ4n) is 7.15. The van der Waals surface area contributed by atoms with Gasteiger partial charge in [0.05, 0.1) is 11.1 Å². The molecule has 1 nitrogen and oxygen atoms in total. The lowest BCUT2D eigenvalue weighted by atomic mass is 9.52. The molecule has 0 N–H and O–H groups in total. The van der Waals surface area contributed by atoms with Crippen LogP contribution in [0.3, 0.4) is 0 Å². The summed E-state index contributed by atoms with van der Waals surface area (Å²) in [6.45, 7) is 10.2. The summed E-state index contributed by atoms with van der Waals surface area (Å²) in [5.74, 6) is 0.988. The molecule has 1 unspecified atom stereocenters. The van der Waals surface area contributed by atoms with Gasteiger partial charge < -0.3 is 0 Å². The first-order valence-corrected chi connectivity index (χ1v) is 13.3. The van der Waals surface area contributed by atoms with Gasteiger partial charge in [-0.25, -0.2) is 0 Å². The van der Waals surface area contributed by atoms with Crippen LogP contribution in [0.2, 0.25) is 10.6 Å². The number of thioether (sulfide) groups is 1. The predicted octanol–water partition coefficient (Wildman–Crippen LogP) is 7.33. The molecule has 7 rings (SSSR count). The van der Waals surface area contributed by atoms with Crippen LogP contribution in [0.25, 0.3) is 11.3 Å². The first-order valence-electron chi connectivity index (χ1n) is 12.3. The Morgan fingerprint density at radius 1 is 0.735 bits per heavy atom. The van der Waals surface area contributed by atoms with Gasteiger partial charge in [0.2, 0.25) is 0 Å². The molecule has 0 bridgehead atoms. The van der Waals surface area contributed by atoms with E-state index in [4.69, 9.17) is 4.98 Å². The molecule has 34 heavy (non-hydrogen) atoms. The molecule has 3 heteroatoms. The van der Waals surface area contributed by atoms with Crippen molar-refractivity contribution in [2.45, 2.75) is 54.4 Å². The van der Waals surface area contributed by atoms with Gasteiger partial charge in [0.25, 0.3) is 0 Å². The molecular formula is C31H28BNS. The molecule has 0 saturated carbocycles. The van der Waals surface area contributed by atoms with Crippen LogP contribution < -0.4 is 5.46 Å². The third kappa shape index (κ3) is 2.36. The van der Waals surface area contributed by atoms with Crippen molar-refractivity contribution >= 4 is 23.9 Å². The number of nitrogens with zero attached hydrogens (tertiary/aromatic N) is 1. The maximum absolute atomic E-state index is 4.97. The van der Waals surface area contributed by atoms with E-state index in [1.54, 1.807) is 0 Å². The van der Waals surface area contributed by atoms with Crippen molar-refractivity contribution in [3.05, 3.63) is 113 Å². The van der Waals surface area contributed by atoms with Crippen molar-refractivity contribution in [3.63, 3.8) is 0 Å². The standard InChI is InChI=1S/C31H28BNS/c1-29(2)30(3,4)32(29)21-15-16-22-26(18-21)31(25-13-9-17-33-28(22)25)23-11-6-5-10-20(23)19-34-27-14-8-7-12-24(27)31/h5-18H,19H2,1-4H3. The molecule has 3 aromatic carbocycles. The molecule has 166 valence electrons. The Morgan fingerprint density at radius 3 is 2.24 bits per heavy atom. The highest BCUT2D eigenvalue weighted by molar-refractivity contribution is 7.98. The Labute approximate surface area is 207 Å². The monoisotopic (exact) mass is 457 g/mol. The Bertz CT molecular complexity index is 1420. The summed E-state index contributed by atoms with van der Waals surface area (Å²) >= 11 is 1.96. The van der Waals surface area contributed by atoms with Crippen molar-refractivity contribution in [2.75, 3.05) is 0 Å². The van der Waals surface area contributed by atoms with Crippen LogP contribution in [0.1, 0.15) is 55.5 Å². The van der Waals surface area contributed by atoms with Gasteiger partial charge in [0.1, 0.15) is 0 Å². The van der Waals surface area contributed by atoms with Crippen LogP contribution in [-0.4, -0.2) is 11.7 Å². The molecule has 0 amide bonds. The summed E-state index contributed by atoms with van der Waals surface area (Å²) in [7, 11) is 0. The van der Waals surface area contributed by atoms with Gasteiger partial charge >= 0.3 is 0 Å². The summed E-state index contributed by atoms with van der Waals surface area (Å²) in [5, 5.41) is 0.598. The SMILES string of the molecule is CC1(C)B(c2ccc3c(c2)C2(c4ccccc4CSc4ccccc42)c2cccnc2-3)C1(C)C. The summed E-state index contributed by atoms with van der Waals surface area (Å²) in [4.78, 5) is 6.34. The number of pyridine rings is 1. The fraction of sp³-hybridized carbons (Fsp3) is 0.258. The third-order valence-corrected chi connectivity index (χ3v) is 10.5. The Balaban J connectivity index is 1.62. The van der Waals surface area contributed by atoms with Crippen molar-refractivity contribution in [1.82, 2.24) is 4.98 Å². The second-order valence-corrected chi connectivity index (χ2v) is 12.3. The minimum absolute atomic E-state index is 0.299. The number of fused-ring (bicyclic) bond motifs is 9. The average Bonchev–Trinajstić information content (AvgIpc) is 3.16. The summed E-state index contributed by atoms with van der Waals surface area (Å²) in [6.07, 6.45) is 1.95.